The number of nitrogens with zero attached hydrogens (tertiary/aromatic N) is 4. The van der Waals surface area contributed by atoms with Crippen molar-refractivity contribution in [3.05, 3.63) is 18.3 Å². The van der Waals surface area contributed by atoms with E-state index in [-0.39, 0.29) is 5.78 Å². The molecule has 0 spiro atoms. The van der Waals surface area contributed by atoms with Crippen molar-refractivity contribution in [2.45, 2.75) is 6.92 Å². The highest BCUT2D eigenvalue weighted by atomic mass is 19.1. The standard InChI is InChI=1S/C7H7FN4O/c1-2-13-6-3-5(8)11-7-9-4-10-12(6)7/h3-4H,2H2,1H3. The van der Waals surface area contributed by atoms with Crippen LogP contribution in [0.2, 0.25) is 0 Å². The molecule has 0 aliphatic carbocycles. The number of aromatic nitrogens is 4. The lowest BCUT2D eigenvalue weighted by molar-refractivity contribution is 0.314. The van der Waals surface area contributed by atoms with Gasteiger partial charge in [0.15, 0.2) is 0 Å². The molecular weight excluding hydrogens is 175 g/mol. The molecule has 68 valence electrons. The summed E-state index contributed by atoms with van der Waals surface area (Å²) in [5, 5.41) is 3.83. The Morgan fingerprint density at radius 1 is 1.62 bits per heavy atom. The van der Waals surface area contributed by atoms with Gasteiger partial charge in [0.1, 0.15) is 6.33 Å². The molecule has 2 aromatic heterocycles. The normalized spacial score (nSPS) is 10.6. The van der Waals surface area contributed by atoms with Crippen molar-refractivity contribution in [3.63, 3.8) is 0 Å². The van der Waals surface area contributed by atoms with Gasteiger partial charge in [0.05, 0.1) is 12.7 Å². The highest BCUT2D eigenvalue weighted by Crippen LogP contribution is 2.11. The van der Waals surface area contributed by atoms with Crippen LogP contribution in [-0.4, -0.2) is 26.2 Å². The van der Waals surface area contributed by atoms with Crippen LogP contribution in [0.1, 0.15) is 6.92 Å². The van der Waals surface area contributed by atoms with Gasteiger partial charge in [-0.3, -0.25) is 0 Å². The SMILES string of the molecule is CCOc1cc(F)nc2ncnn12. The van der Waals surface area contributed by atoms with Crippen LogP contribution in [0.15, 0.2) is 12.4 Å². The predicted octanol–water partition coefficient (Wildman–Crippen LogP) is 0.662. The number of fused-ring (bicyclic) bond motifs is 1. The maximum atomic E-state index is 12.8. The highest BCUT2D eigenvalue weighted by molar-refractivity contribution is 5.29. The Balaban J connectivity index is 2.63. The van der Waals surface area contributed by atoms with Crippen LogP contribution in [0.25, 0.3) is 5.78 Å². The Morgan fingerprint density at radius 3 is 3.23 bits per heavy atom. The van der Waals surface area contributed by atoms with Crippen LogP contribution in [0.5, 0.6) is 5.88 Å². The molecule has 2 heterocycles. The molecule has 13 heavy (non-hydrogen) atoms. The molecule has 0 aliphatic rings. The van der Waals surface area contributed by atoms with Gasteiger partial charge in [-0.1, -0.05) is 0 Å². The van der Waals surface area contributed by atoms with E-state index in [4.69, 9.17) is 4.74 Å². The van der Waals surface area contributed by atoms with E-state index in [1.165, 1.54) is 16.9 Å². The number of ether oxygens (including phenoxy) is 1. The van der Waals surface area contributed by atoms with Gasteiger partial charge in [-0.2, -0.15) is 24.0 Å². The Morgan fingerprint density at radius 2 is 2.46 bits per heavy atom. The van der Waals surface area contributed by atoms with Crippen LogP contribution in [-0.2, 0) is 0 Å². The van der Waals surface area contributed by atoms with E-state index < -0.39 is 5.95 Å². The molecule has 6 heteroatoms. The zero-order valence-electron chi connectivity index (χ0n) is 6.94. The Bertz CT molecular complexity index is 427. The molecule has 0 N–H and O–H groups in total. The lowest BCUT2D eigenvalue weighted by Gasteiger charge is -2.03. The van der Waals surface area contributed by atoms with Crippen molar-refractivity contribution in [2.24, 2.45) is 0 Å². The van der Waals surface area contributed by atoms with Crippen LogP contribution >= 0.6 is 0 Å². The molecule has 2 aromatic rings. The zero-order valence-corrected chi connectivity index (χ0v) is 6.94. The molecule has 0 unspecified atom stereocenters. The minimum Gasteiger partial charge on any atom is -0.478 e. The number of hydrogen-bond donors (Lipinski definition) is 0. The van der Waals surface area contributed by atoms with Crippen molar-refractivity contribution in [3.8, 4) is 5.88 Å². The molecule has 0 saturated carbocycles. The molecule has 5 nitrogen and oxygen atoms in total. The van der Waals surface area contributed by atoms with Gasteiger partial charge in [-0.15, -0.1) is 0 Å². The van der Waals surface area contributed by atoms with Crippen molar-refractivity contribution in [2.75, 3.05) is 6.61 Å². The van der Waals surface area contributed by atoms with Crippen LogP contribution in [0.4, 0.5) is 4.39 Å². The Kier molecular flexibility index (Phi) is 1.80. The fourth-order valence-electron chi connectivity index (χ4n) is 1.01. The lowest BCUT2D eigenvalue weighted by Crippen LogP contribution is -2.02. The smallest absolute Gasteiger partial charge is 0.258 e. The van der Waals surface area contributed by atoms with Gasteiger partial charge in [0.2, 0.25) is 11.8 Å². The first kappa shape index (κ1) is 7.90. The first-order chi connectivity index (χ1) is 6.31. The largest absolute Gasteiger partial charge is 0.478 e. The Labute approximate surface area is 73.2 Å². The summed E-state index contributed by atoms with van der Waals surface area (Å²) in [4.78, 5) is 7.26. The number of hydrogen-bond acceptors (Lipinski definition) is 4. The molecule has 0 saturated heterocycles. The third-order valence-electron chi connectivity index (χ3n) is 1.48. The summed E-state index contributed by atoms with van der Waals surface area (Å²) in [6.07, 6.45) is 1.30. The number of rotatable bonds is 2. The van der Waals surface area contributed by atoms with E-state index in [2.05, 4.69) is 15.1 Å². The first-order valence-corrected chi connectivity index (χ1v) is 3.80. The minimum atomic E-state index is -0.621. The molecule has 0 aromatic carbocycles. The maximum absolute atomic E-state index is 12.8. The minimum absolute atomic E-state index is 0.198. The van der Waals surface area contributed by atoms with Crippen molar-refractivity contribution in [1.82, 2.24) is 19.6 Å². The monoisotopic (exact) mass is 182 g/mol. The zero-order chi connectivity index (χ0) is 9.26. The van der Waals surface area contributed by atoms with Gasteiger partial charge < -0.3 is 4.74 Å². The van der Waals surface area contributed by atoms with Crippen LogP contribution in [0.3, 0.4) is 0 Å². The predicted molar refractivity (Wildman–Crippen MR) is 41.9 cm³/mol. The van der Waals surface area contributed by atoms with E-state index in [1.807, 2.05) is 0 Å². The first-order valence-electron chi connectivity index (χ1n) is 3.80. The Hall–Kier alpha value is -1.72. The van der Waals surface area contributed by atoms with Gasteiger partial charge in [-0.25, -0.2) is 0 Å². The topological polar surface area (TPSA) is 52.3 Å². The summed E-state index contributed by atoms with van der Waals surface area (Å²) >= 11 is 0. The molecule has 0 fully saturated rings. The highest BCUT2D eigenvalue weighted by Gasteiger charge is 2.06. The van der Waals surface area contributed by atoms with E-state index in [0.29, 0.717) is 12.5 Å². The summed E-state index contributed by atoms with van der Waals surface area (Å²) in [6.45, 7) is 2.25. The van der Waals surface area contributed by atoms with Crippen molar-refractivity contribution in [1.29, 1.82) is 0 Å². The summed E-state index contributed by atoms with van der Waals surface area (Å²) < 4.78 is 19.3. The molecule has 0 amide bonds. The second-order valence-corrected chi connectivity index (χ2v) is 2.32. The third-order valence-corrected chi connectivity index (χ3v) is 1.48. The van der Waals surface area contributed by atoms with Crippen LogP contribution < -0.4 is 4.74 Å². The van der Waals surface area contributed by atoms with E-state index in [9.17, 15) is 4.39 Å². The van der Waals surface area contributed by atoms with Gasteiger partial charge in [-0.05, 0) is 6.92 Å². The second kappa shape index (κ2) is 2.96. The lowest BCUT2D eigenvalue weighted by atomic mass is 10.6. The fraction of sp³-hybridized carbons (Fsp3) is 0.286. The molecule has 0 radical (unpaired) electrons. The van der Waals surface area contributed by atoms with Gasteiger partial charge in [0.25, 0.3) is 5.78 Å². The molecule has 0 bridgehead atoms. The van der Waals surface area contributed by atoms with Crippen molar-refractivity contribution < 1.29 is 9.13 Å². The third kappa shape index (κ3) is 1.30. The quantitative estimate of drug-likeness (QED) is 0.640. The molecule has 0 aliphatic heterocycles. The summed E-state index contributed by atoms with van der Waals surface area (Å²) in [5.74, 6) is -0.116. The molecule has 0 atom stereocenters. The van der Waals surface area contributed by atoms with E-state index in [0.717, 1.165) is 0 Å². The fourth-order valence-corrected chi connectivity index (χ4v) is 1.01. The van der Waals surface area contributed by atoms with Gasteiger partial charge >= 0.3 is 0 Å². The molecular formula is C7H7FN4O. The summed E-state index contributed by atoms with van der Waals surface area (Å²) in [6, 6.07) is 1.17. The maximum Gasteiger partial charge on any atom is 0.258 e. The summed E-state index contributed by atoms with van der Waals surface area (Å²) in [7, 11) is 0. The second-order valence-electron chi connectivity index (χ2n) is 2.32. The number of halogens is 1. The summed E-state index contributed by atoms with van der Waals surface area (Å²) in [5.41, 5.74) is 0. The van der Waals surface area contributed by atoms with Crippen LogP contribution in [0, 0.1) is 5.95 Å². The average molecular weight is 182 g/mol. The van der Waals surface area contributed by atoms with Crippen molar-refractivity contribution >= 4 is 5.78 Å². The van der Waals surface area contributed by atoms with E-state index >= 15 is 0 Å². The van der Waals surface area contributed by atoms with Gasteiger partial charge in [0, 0.05) is 0 Å². The average Bonchev–Trinajstić information content (AvgIpc) is 2.52. The van der Waals surface area contributed by atoms with E-state index in [1.54, 1.807) is 6.92 Å². The molecule has 2 rings (SSSR count).